The van der Waals surface area contributed by atoms with Gasteiger partial charge in [-0.25, -0.2) is 4.98 Å². The van der Waals surface area contributed by atoms with Crippen molar-refractivity contribution in [2.75, 3.05) is 25.5 Å². The average Bonchev–Trinajstić information content (AvgIpc) is 2.29. The van der Waals surface area contributed by atoms with Crippen LogP contribution in [-0.4, -0.2) is 45.7 Å². The second-order valence-corrected chi connectivity index (χ2v) is 4.95. The maximum atomic E-state index is 10.0. The Labute approximate surface area is 102 Å². The first-order valence-corrected chi connectivity index (χ1v) is 6.02. The largest absolute Gasteiger partial charge is 0.389 e. The summed E-state index contributed by atoms with van der Waals surface area (Å²) in [7, 11) is 1.82. The highest BCUT2D eigenvalue weighted by atomic mass is 16.3. The van der Waals surface area contributed by atoms with Crippen molar-refractivity contribution in [3.05, 3.63) is 18.1 Å². The highest BCUT2D eigenvalue weighted by Gasteiger charge is 2.28. The molecule has 1 aliphatic heterocycles. The highest BCUT2D eigenvalue weighted by Crippen LogP contribution is 2.21. The van der Waals surface area contributed by atoms with Gasteiger partial charge in [0.2, 0.25) is 0 Å². The molecule has 17 heavy (non-hydrogen) atoms. The third-order valence-electron chi connectivity index (χ3n) is 3.10. The standard InChI is InChI=1S/C12H20N4O/c1-12(17)4-3-5-16(9-12)8-10-6-15-11(13-2)7-14-10/h6-7,17H,3-5,8-9H2,1-2H3,(H,13,15). The smallest absolute Gasteiger partial charge is 0.144 e. The molecule has 1 aromatic heterocycles. The van der Waals surface area contributed by atoms with Crippen molar-refractivity contribution in [3.63, 3.8) is 0 Å². The van der Waals surface area contributed by atoms with Gasteiger partial charge >= 0.3 is 0 Å². The zero-order valence-electron chi connectivity index (χ0n) is 10.5. The van der Waals surface area contributed by atoms with Crippen molar-refractivity contribution in [2.24, 2.45) is 0 Å². The van der Waals surface area contributed by atoms with Gasteiger partial charge in [0.1, 0.15) is 5.82 Å². The van der Waals surface area contributed by atoms with Crippen molar-refractivity contribution in [1.29, 1.82) is 0 Å². The van der Waals surface area contributed by atoms with Gasteiger partial charge in [-0.2, -0.15) is 0 Å². The van der Waals surface area contributed by atoms with Gasteiger partial charge in [-0.15, -0.1) is 0 Å². The zero-order valence-corrected chi connectivity index (χ0v) is 10.5. The fourth-order valence-corrected chi connectivity index (χ4v) is 2.25. The maximum Gasteiger partial charge on any atom is 0.144 e. The first kappa shape index (κ1) is 12.3. The maximum absolute atomic E-state index is 10.0. The lowest BCUT2D eigenvalue weighted by molar-refractivity contribution is -0.0185. The number of aliphatic hydroxyl groups is 1. The van der Waals surface area contributed by atoms with Crippen LogP contribution in [0.25, 0.3) is 0 Å². The molecule has 2 heterocycles. The second-order valence-electron chi connectivity index (χ2n) is 4.95. The molecule has 0 radical (unpaired) electrons. The normalized spacial score (nSPS) is 25.8. The third-order valence-corrected chi connectivity index (χ3v) is 3.10. The number of nitrogens with zero attached hydrogens (tertiary/aromatic N) is 3. The summed E-state index contributed by atoms with van der Waals surface area (Å²) in [5.74, 6) is 0.777. The monoisotopic (exact) mass is 236 g/mol. The lowest BCUT2D eigenvalue weighted by atomic mass is 9.95. The molecule has 1 aliphatic rings. The molecule has 1 aromatic rings. The number of piperidine rings is 1. The van der Waals surface area contributed by atoms with E-state index in [1.54, 1.807) is 12.4 Å². The van der Waals surface area contributed by atoms with Crippen molar-refractivity contribution in [2.45, 2.75) is 31.9 Å². The van der Waals surface area contributed by atoms with Crippen LogP contribution in [0.2, 0.25) is 0 Å². The van der Waals surface area contributed by atoms with Crippen LogP contribution < -0.4 is 5.32 Å². The number of nitrogens with one attached hydrogen (secondary N) is 1. The Hall–Kier alpha value is -1.20. The number of likely N-dealkylation sites (tertiary alicyclic amines) is 1. The van der Waals surface area contributed by atoms with Crippen LogP contribution in [-0.2, 0) is 6.54 Å². The lowest BCUT2D eigenvalue weighted by Crippen LogP contribution is -2.45. The molecule has 2 rings (SSSR count). The van der Waals surface area contributed by atoms with Gasteiger partial charge in [-0.1, -0.05) is 0 Å². The molecule has 0 saturated carbocycles. The summed E-state index contributed by atoms with van der Waals surface area (Å²) in [6, 6.07) is 0. The van der Waals surface area contributed by atoms with Gasteiger partial charge in [-0.3, -0.25) is 9.88 Å². The minimum Gasteiger partial charge on any atom is -0.389 e. The molecule has 0 aromatic carbocycles. The average molecular weight is 236 g/mol. The Kier molecular flexibility index (Phi) is 3.59. The molecule has 0 aliphatic carbocycles. The summed E-state index contributed by atoms with van der Waals surface area (Å²) in [4.78, 5) is 10.8. The Morgan fingerprint density at radius 2 is 2.29 bits per heavy atom. The van der Waals surface area contributed by atoms with Crippen LogP contribution in [0.3, 0.4) is 0 Å². The zero-order chi connectivity index (χ0) is 12.3. The fraction of sp³-hybridized carbons (Fsp3) is 0.667. The van der Waals surface area contributed by atoms with Gasteiger partial charge in [-0.05, 0) is 26.3 Å². The lowest BCUT2D eigenvalue weighted by Gasteiger charge is -2.36. The highest BCUT2D eigenvalue weighted by molar-refractivity contribution is 5.29. The molecule has 2 N–H and O–H groups in total. The molecule has 0 bridgehead atoms. The van der Waals surface area contributed by atoms with Crippen LogP contribution in [0.4, 0.5) is 5.82 Å². The summed E-state index contributed by atoms with van der Waals surface area (Å²) in [6.07, 6.45) is 5.44. The van der Waals surface area contributed by atoms with E-state index in [9.17, 15) is 5.11 Å². The van der Waals surface area contributed by atoms with Crippen LogP contribution in [0.1, 0.15) is 25.5 Å². The Bertz CT molecular complexity index is 363. The number of β-amino-alcohol motifs (C(OH)–C–C–N with tert-alkyl or cyclic N) is 1. The Morgan fingerprint density at radius 1 is 1.47 bits per heavy atom. The molecular weight excluding hydrogens is 216 g/mol. The molecule has 1 saturated heterocycles. The SMILES string of the molecule is CNc1cnc(CN2CCCC(C)(O)C2)cn1. The Balaban J connectivity index is 1.95. The third kappa shape index (κ3) is 3.38. The van der Waals surface area contributed by atoms with E-state index in [0.717, 1.165) is 37.4 Å². The van der Waals surface area contributed by atoms with E-state index in [4.69, 9.17) is 0 Å². The van der Waals surface area contributed by atoms with Gasteiger partial charge in [0.15, 0.2) is 0 Å². The second kappa shape index (κ2) is 4.98. The summed E-state index contributed by atoms with van der Waals surface area (Å²) in [5, 5.41) is 13.0. The molecule has 5 nitrogen and oxygen atoms in total. The van der Waals surface area contributed by atoms with Crippen LogP contribution in [0, 0.1) is 0 Å². The fourth-order valence-electron chi connectivity index (χ4n) is 2.25. The topological polar surface area (TPSA) is 61.3 Å². The quantitative estimate of drug-likeness (QED) is 0.815. The van der Waals surface area contributed by atoms with Crippen molar-refractivity contribution in [1.82, 2.24) is 14.9 Å². The summed E-state index contributed by atoms with van der Waals surface area (Å²) in [6.45, 7) is 4.39. The van der Waals surface area contributed by atoms with Crippen LogP contribution in [0.15, 0.2) is 12.4 Å². The van der Waals surface area contributed by atoms with Gasteiger partial charge in [0, 0.05) is 20.1 Å². The predicted molar refractivity (Wildman–Crippen MR) is 66.7 cm³/mol. The molecule has 1 atom stereocenters. The van der Waals surface area contributed by atoms with E-state index >= 15 is 0 Å². The number of rotatable bonds is 3. The van der Waals surface area contributed by atoms with Gasteiger partial charge in [0.05, 0.1) is 23.7 Å². The number of hydrogen-bond donors (Lipinski definition) is 2. The van der Waals surface area contributed by atoms with E-state index in [1.165, 1.54) is 0 Å². The number of hydrogen-bond acceptors (Lipinski definition) is 5. The van der Waals surface area contributed by atoms with Crippen LogP contribution in [0.5, 0.6) is 0 Å². The molecule has 0 amide bonds. The van der Waals surface area contributed by atoms with Crippen molar-refractivity contribution < 1.29 is 5.11 Å². The first-order chi connectivity index (χ1) is 8.09. The van der Waals surface area contributed by atoms with E-state index < -0.39 is 5.60 Å². The van der Waals surface area contributed by atoms with Crippen LogP contribution >= 0.6 is 0 Å². The number of anilines is 1. The molecular formula is C12H20N4O. The van der Waals surface area contributed by atoms with E-state index in [2.05, 4.69) is 20.2 Å². The first-order valence-electron chi connectivity index (χ1n) is 6.02. The van der Waals surface area contributed by atoms with Crippen molar-refractivity contribution in [3.8, 4) is 0 Å². The van der Waals surface area contributed by atoms with Crippen molar-refractivity contribution >= 4 is 5.82 Å². The number of aromatic nitrogens is 2. The summed E-state index contributed by atoms with van der Waals surface area (Å²) < 4.78 is 0. The molecule has 0 spiro atoms. The summed E-state index contributed by atoms with van der Waals surface area (Å²) in [5.41, 5.74) is 0.387. The van der Waals surface area contributed by atoms with Gasteiger partial charge in [0.25, 0.3) is 0 Å². The van der Waals surface area contributed by atoms with E-state index in [0.29, 0.717) is 6.54 Å². The van der Waals surface area contributed by atoms with Gasteiger partial charge < -0.3 is 10.4 Å². The Morgan fingerprint density at radius 3 is 2.88 bits per heavy atom. The predicted octanol–water partition coefficient (Wildman–Crippen LogP) is 0.865. The molecule has 1 unspecified atom stereocenters. The molecule has 5 heteroatoms. The minimum atomic E-state index is -0.559. The molecule has 1 fully saturated rings. The molecule has 94 valence electrons. The summed E-state index contributed by atoms with van der Waals surface area (Å²) >= 11 is 0. The minimum absolute atomic E-state index is 0.559. The van der Waals surface area contributed by atoms with E-state index in [1.807, 2.05) is 14.0 Å². The van der Waals surface area contributed by atoms with E-state index in [-0.39, 0.29) is 0 Å².